The van der Waals surface area contributed by atoms with Gasteiger partial charge in [0.1, 0.15) is 0 Å². The molecule has 0 aromatic rings. The summed E-state index contributed by atoms with van der Waals surface area (Å²) in [5.41, 5.74) is 5.60. The van der Waals surface area contributed by atoms with Crippen molar-refractivity contribution in [2.75, 3.05) is 39.8 Å². The Morgan fingerprint density at radius 2 is 2.15 bits per heavy atom. The largest absolute Gasteiger partial charge is 0.330 e. The first-order valence-corrected chi connectivity index (χ1v) is 5.42. The molecule has 76 valence electrons. The van der Waals surface area contributed by atoms with Crippen LogP contribution in [0.5, 0.6) is 0 Å². The van der Waals surface area contributed by atoms with Crippen LogP contribution < -0.4 is 5.73 Å². The summed E-state index contributed by atoms with van der Waals surface area (Å²) in [7, 11) is 2.23. The van der Waals surface area contributed by atoms with Gasteiger partial charge in [0.15, 0.2) is 0 Å². The molecule has 2 N–H and O–H groups in total. The second-order valence-electron chi connectivity index (χ2n) is 4.59. The molecule has 2 atom stereocenters. The van der Waals surface area contributed by atoms with Crippen molar-refractivity contribution in [1.29, 1.82) is 0 Å². The SMILES string of the molecule is CN1CCN2CC(CCN)CC2C1. The molecular formula is C10H21N3. The van der Waals surface area contributed by atoms with Crippen LogP contribution in [0.2, 0.25) is 0 Å². The standard InChI is InChI=1S/C10H21N3/c1-12-4-5-13-7-9(2-3-11)6-10(13)8-12/h9-10H,2-8,11H2,1H3. The predicted octanol–water partition coefficient (Wildman–Crippen LogP) is -0.0289. The molecule has 2 heterocycles. The maximum Gasteiger partial charge on any atom is 0.0226 e. The molecule has 2 aliphatic heterocycles. The Labute approximate surface area is 80.9 Å². The Kier molecular flexibility index (Phi) is 2.86. The van der Waals surface area contributed by atoms with Gasteiger partial charge in [0.05, 0.1) is 0 Å². The van der Waals surface area contributed by atoms with E-state index in [9.17, 15) is 0 Å². The van der Waals surface area contributed by atoms with Crippen molar-refractivity contribution in [3.05, 3.63) is 0 Å². The molecule has 3 heteroatoms. The first-order chi connectivity index (χ1) is 6.29. The van der Waals surface area contributed by atoms with Crippen LogP contribution in [0.15, 0.2) is 0 Å². The van der Waals surface area contributed by atoms with Gasteiger partial charge in [0, 0.05) is 32.2 Å². The molecule has 0 aromatic carbocycles. The van der Waals surface area contributed by atoms with Gasteiger partial charge in [-0.2, -0.15) is 0 Å². The van der Waals surface area contributed by atoms with E-state index in [4.69, 9.17) is 5.73 Å². The highest BCUT2D eigenvalue weighted by atomic mass is 15.3. The van der Waals surface area contributed by atoms with Crippen molar-refractivity contribution in [2.24, 2.45) is 11.7 Å². The molecule has 2 unspecified atom stereocenters. The summed E-state index contributed by atoms with van der Waals surface area (Å²) in [6.07, 6.45) is 2.60. The summed E-state index contributed by atoms with van der Waals surface area (Å²) in [5.74, 6) is 0.876. The lowest BCUT2D eigenvalue weighted by Gasteiger charge is -2.35. The first-order valence-electron chi connectivity index (χ1n) is 5.42. The van der Waals surface area contributed by atoms with Crippen LogP contribution in [0.1, 0.15) is 12.8 Å². The summed E-state index contributed by atoms with van der Waals surface area (Å²) in [6.45, 7) is 5.94. The summed E-state index contributed by atoms with van der Waals surface area (Å²) >= 11 is 0. The predicted molar refractivity (Wildman–Crippen MR) is 54.6 cm³/mol. The third-order valence-electron chi connectivity index (χ3n) is 3.48. The van der Waals surface area contributed by atoms with Crippen LogP contribution in [0.25, 0.3) is 0 Å². The second kappa shape index (κ2) is 3.95. The maximum absolute atomic E-state index is 5.60. The van der Waals surface area contributed by atoms with Crippen molar-refractivity contribution in [2.45, 2.75) is 18.9 Å². The van der Waals surface area contributed by atoms with Gasteiger partial charge in [-0.15, -0.1) is 0 Å². The Balaban J connectivity index is 1.87. The highest BCUT2D eigenvalue weighted by Crippen LogP contribution is 2.27. The van der Waals surface area contributed by atoms with Crippen LogP contribution in [0.4, 0.5) is 0 Å². The molecule has 0 aromatic heterocycles. The van der Waals surface area contributed by atoms with Gasteiger partial charge in [0.25, 0.3) is 0 Å². The van der Waals surface area contributed by atoms with Crippen molar-refractivity contribution in [3.63, 3.8) is 0 Å². The van der Waals surface area contributed by atoms with Gasteiger partial charge in [-0.1, -0.05) is 0 Å². The average molecular weight is 183 g/mol. The van der Waals surface area contributed by atoms with Crippen LogP contribution in [-0.4, -0.2) is 55.6 Å². The van der Waals surface area contributed by atoms with E-state index in [0.29, 0.717) is 0 Å². The zero-order valence-corrected chi connectivity index (χ0v) is 8.58. The van der Waals surface area contributed by atoms with E-state index in [0.717, 1.165) is 18.5 Å². The lowest BCUT2D eigenvalue weighted by Crippen LogP contribution is -2.48. The zero-order chi connectivity index (χ0) is 9.26. The molecule has 0 amide bonds. The molecule has 0 spiro atoms. The number of likely N-dealkylation sites (N-methyl/N-ethyl adjacent to an activating group) is 1. The number of piperazine rings is 1. The van der Waals surface area contributed by atoms with Crippen molar-refractivity contribution < 1.29 is 0 Å². The molecule has 13 heavy (non-hydrogen) atoms. The lowest BCUT2D eigenvalue weighted by atomic mass is 10.0. The van der Waals surface area contributed by atoms with Crippen molar-refractivity contribution >= 4 is 0 Å². The Morgan fingerprint density at radius 3 is 2.92 bits per heavy atom. The van der Waals surface area contributed by atoms with Gasteiger partial charge in [-0.3, -0.25) is 4.90 Å². The molecule has 2 aliphatic rings. The van der Waals surface area contributed by atoms with Gasteiger partial charge < -0.3 is 10.6 Å². The minimum Gasteiger partial charge on any atom is -0.330 e. The number of rotatable bonds is 2. The monoisotopic (exact) mass is 183 g/mol. The molecule has 2 rings (SSSR count). The van der Waals surface area contributed by atoms with E-state index >= 15 is 0 Å². The number of nitrogens with two attached hydrogens (primary N) is 1. The Hall–Kier alpha value is -0.120. The molecule has 0 saturated carbocycles. The summed E-state index contributed by atoms with van der Waals surface area (Å²) < 4.78 is 0. The molecule has 2 saturated heterocycles. The van der Waals surface area contributed by atoms with Crippen molar-refractivity contribution in [1.82, 2.24) is 9.80 Å². The smallest absolute Gasteiger partial charge is 0.0226 e. The molecule has 3 nitrogen and oxygen atoms in total. The maximum atomic E-state index is 5.60. The molecular weight excluding hydrogens is 162 g/mol. The topological polar surface area (TPSA) is 32.5 Å². The van der Waals surface area contributed by atoms with Crippen LogP contribution in [-0.2, 0) is 0 Å². The quantitative estimate of drug-likeness (QED) is 0.652. The molecule has 0 aliphatic carbocycles. The summed E-state index contributed by atoms with van der Waals surface area (Å²) in [4.78, 5) is 5.10. The van der Waals surface area contributed by atoms with E-state index < -0.39 is 0 Å². The van der Waals surface area contributed by atoms with Crippen LogP contribution in [0.3, 0.4) is 0 Å². The van der Waals surface area contributed by atoms with E-state index in [1.54, 1.807) is 0 Å². The fourth-order valence-electron chi connectivity index (χ4n) is 2.75. The molecule has 2 fully saturated rings. The van der Waals surface area contributed by atoms with Crippen molar-refractivity contribution in [3.8, 4) is 0 Å². The fraction of sp³-hybridized carbons (Fsp3) is 1.00. The summed E-state index contributed by atoms with van der Waals surface area (Å²) in [5, 5.41) is 0. The van der Waals surface area contributed by atoms with Crippen LogP contribution >= 0.6 is 0 Å². The van der Waals surface area contributed by atoms with E-state index in [2.05, 4.69) is 16.8 Å². The zero-order valence-electron chi connectivity index (χ0n) is 8.58. The molecule has 0 bridgehead atoms. The normalized spacial score (nSPS) is 36.5. The third kappa shape index (κ3) is 2.03. The first kappa shape index (κ1) is 9.44. The van der Waals surface area contributed by atoms with E-state index in [-0.39, 0.29) is 0 Å². The highest BCUT2D eigenvalue weighted by molar-refractivity contribution is 4.90. The van der Waals surface area contributed by atoms with Gasteiger partial charge in [-0.25, -0.2) is 0 Å². The van der Waals surface area contributed by atoms with Gasteiger partial charge >= 0.3 is 0 Å². The molecule has 0 radical (unpaired) electrons. The minimum absolute atomic E-state index is 0.829. The lowest BCUT2D eigenvalue weighted by molar-refractivity contribution is 0.124. The fourth-order valence-corrected chi connectivity index (χ4v) is 2.75. The van der Waals surface area contributed by atoms with Gasteiger partial charge in [0.2, 0.25) is 0 Å². The van der Waals surface area contributed by atoms with E-state index in [1.807, 2.05) is 0 Å². The highest BCUT2D eigenvalue weighted by Gasteiger charge is 2.34. The Morgan fingerprint density at radius 1 is 1.31 bits per heavy atom. The van der Waals surface area contributed by atoms with Crippen LogP contribution in [0, 0.1) is 5.92 Å². The Bertz CT molecular complexity index is 172. The second-order valence-corrected chi connectivity index (χ2v) is 4.59. The number of hydrogen-bond donors (Lipinski definition) is 1. The number of hydrogen-bond acceptors (Lipinski definition) is 3. The average Bonchev–Trinajstić information content (AvgIpc) is 2.46. The third-order valence-corrected chi connectivity index (χ3v) is 3.48. The van der Waals surface area contributed by atoms with E-state index in [1.165, 1.54) is 39.0 Å². The number of fused-ring (bicyclic) bond motifs is 1. The van der Waals surface area contributed by atoms with Gasteiger partial charge in [-0.05, 0) is 32.4 Å². The summed E-state index contributed by atoms with van der Waals surface area (Å²) in [6, 6.07) is 0.829. The minimum atomic E-state index is 0.829. The number of nitrogens with zero attached hydrogens (tertiary/aromatic N) is 2.